The molecule has 2 atom stereocenters. The molecule has 0 aliphatic rings. The van der Waals surface area contributed by atoms with Gasteiger partial charge in [0.15, 0.2) is 0 Å². The summed E-state index contributed by atoms with van der Waals surface area (Å²) in [5.41, 5.74) is 12.1. The second kappa shape index (κ2) is 9.37. The molecule has 0 bridgehead atoms. The van der Waals surface area contributed by atoms with Crippen molar-refractivity contribution in [3.05, 3.63) is 35.9 Å². The van der Waals surface area contributed by atoms with Crippen molar-refractivity contribution in [3.63, 3.8) is 0 Å². The standard InChI is InChI=1S/C15H23N3O2.ClH/c1-10(2)8-12(16)15(20)18-13(14(17)19)9-11-6-4-3-5-7-11;/h3-7,10,12-13H,8-9,16H2,1-2H3,(H2,17,19)(H,18,20);1H/t12-,13-;/m0./s1. The lowest BCUT2D eigenvalue weighted by atomic mass is 10.0. The summed E-state index contributed by atoms with van der Waals surface area (Å²) in [6.45, 7) is 3.98. The fraction of sp³-hybridized carbons (Fsp3) is 0.467. The van der Waals surface area contributed by atoms with Crippen LogP contribution in [0.5, 0.6) is 0 Å². The summed E-state index contributed by atoms with van der Waals surface area (Å²) in [6.07, 6.45) is 0.943. The van der Waals surface area contributed by atoms with Gasteiger partial charge in [0.2, 0.25) is 11.8 Å². The molecule has 2 amide bonds. The second-order valence-corrected chi connectivity index (χ2v) is 5.39. The summed E-state index contributed by atoms with van der Waals surface area (Å²) < 4.78 is 0. The van der Waals surface area contributed by atoms with E-state index in [0.717, 1.165) is 5.56 Å². The molecule has 118 valence electrons. The Hall–Kier alpha value is -1.59. The number of nitrogens with two attached hydrogens (primary N) is 2. The summed E-state index contributed by atoms with van der Waals surface area (Å²) in [5.74, 6) is -0.575. The summed E-state index contributed by atoms with van der Waals surface area (Å²) in [6, 6.07) is 8.06. The summed E-state index contributed by atoms with van der Waals surface area (Å²) in [4.78, 5) is 23.4. The van der Waals surface area contributed by atoms with Crippen LogP contribution in [-0.2, 0) is 16.0 Å². The number of hydrogen-bond acceptors (Lipinski definition) is 3. The maximum atomic E-state index is 11.9. The van der Waals surface area contributed by atoms with E-state index in [2.05, 4.69) is 5.32 Å². The van der Waals surface area contributed by atoms with Gasteiger partial charge >= 0.3 is 0 Å². The van der Waals surface area contributed by atoms with Gasteiger partial charge in [-0.2, -0.15) is 0 Å². The van der Waals surface area contributed by atoms with E-state index >= 15 is 0 Å². The molecule has 21 heavy (non-hydrogen) atoms. The Morgan fingerprint density at radius 1 is 1.19 bits per heavy atom. The summed E-state index contributed by atoms with van der Waals surface area (Å²) >= 11 is 0. The highest BCUT2D eigenvalue weighted by atomic mass is 35.5. The fourth-order valence-corrected chi connectivity index (χ4v) is 1.97. The van der Waals surface area contributed by atoms with Crippen molar-refractivity contribution >= 4 is 24.2 Å². The maximum Gasteiger partial charge on any atom is 0.240 e. The van der Waals surface area contributed by atoms with Gasteiger partial charge in [-0.1, -0.05) is 44.2 Å². The smallest absolute Gasteiger partial charge is 0.240 e. The maximum absolute atomic E-state index is 11.9. The van der Waals surface area contributed by atoms with Crippen LogP contribution in [0.2, 0.25) is 0 Å². The molecule has 0 saturated carbocycles. The van der Waals surface area contributed by atoms with E-state index in [1.165, 1.54) is 0 Å². The van der Waals surface area contributed by atoms with Crippen molar-refractivity contribution in [1.82, 2.24) is 5.32 Å². The van der Waals surface area contributed by atoms with E-state index in [0.29, 0.717) is 18.8 Å². The molecular weight excluding hydrogens is 290 g/mol. The van der Waals surface area contributed by atoms with Gasteiger partial charge in [-0.25, -0.2) is 0 Å². The van der Waals surface area contributed by atoms with Crippen LogP contribution in [0, 0.1) is 5.92 Å². The summed E-state index contributed by atoms with van der Waals surface area (Å²) in [7, 11) is 0. The minimum absolute atomic E-state index is 0. The molecule has 1 aromatic rings. The van der Waals surface area contributed by atoms with Gasteiger partial charge in [0.1, 0.15) is 6.04 Å². The van der Waals surface area contributed by atoms with Crippen molar-refractivity contribution in [2.75, 3.05) is 0 Å². The van der Waals surface area contributed by atoms with Gasteiger partial charge in [0.05, 0.1) is 6.04 Å². The minimum atomic E-state index is -0.733. The van der Waals surface area contributed by atoms with E-state index in [9.17, 15) is 9.59 Å². The lowest BCUT2D eigenvalue weighted by Gasteiger charge is -2.19. The molecule has 0 aromatic heterocycles. The van der Waals surface area contributed by atoms with Gasteiger partial charge < -0.3 is 16.8 Å². The predicted molar refractivity (Wildman–Crippen MR) is 85.9 cm³/mol. The molecule has 6 heteroatoms. The number of primary amides is 1. The van der Waals surface area contributed by atoms with Crippen molar-refractivity contribution in [2.45, 2.75) is 38.8 Å². The van der Waals surface area contributed by atoms with Gasteiger partial charge in [-0.3, -0.25) is 9.59 Å². The molecule has 5 N–H and O–H groups in total. The number of benzene rings is 1. The van der Waals surface area contributed by atoms with E-state index in [1.807, 2.05) is 44.2 Å². The number of carbonyl (C=O) groups excluding carboxylic acids is 2. The Morgan fingerprint density at radius 2 is 1.76 bits per heavy atom. The number of hydrogen-bond donors (Lipinski definition) is 3. The molecule has 0 heterocycles. The quantitative estimate of drug-likeness (QED) is 0.700. The number of halogens is 1. The Balaban J connectivity index is 0.00000400. The average molecular weight is 314 g/mol. The van der Waals surface area contributed by atoms with Crippen LogP contribution in [0.4, 0.5) is 0 Å². The number of carbonyl (C=O) groups is 2. The van der Waals surface area contributed by atoms with E-state index < -0.39 is 18.0 Å². The first kappa shape index (κ1) is 19.4. The van der Waals surface area contributed by atoms with Crippen molar-refractivity contribution < 1.29 is 9.59 Å². The third-order valence-corrected chi connectivity index (χ3v) is 3.00. The Kier molecular flexibility index (Phi) is 8.66. The van der Waals surface area contributed by atoms with Crippen LogP contribution in [-0.4, -0.2) is 23.9 Å². The molecule has 0 radical (unpaired) electrons. The van der Waals surface area contributed by atoms with Gasteiger partial charge in [-0.15, -0.1) is 12.4 Å². The van der Waals surface area contributed by atoms with Gasteiger partial charge in [0, 0.05) is 6.42 Å². The topological polar surface area (TPSA) is 98.2 Å². The molecule has 1 rings (SSSR count). The molecule has 0 aliphatic carbocycles. The van der Waals surface area contributed by atoms with E-state index in [4.69, 9.17) is 11.5 Å². The first-order chi connectivity index (χ1) is 9.40. The third kappa shape index (κ3) is 7.11. The first-order valence-electron chi connectivity index (χ1n) is 6.79. The number of nitrogens with one attached hydrogen (secondary N) is 1. The molecule has 0 fully saturated rings. The van der Waals surface area contributed by atoms with Crippen LogP contribution in [0.1, 0.15) is 25.8 Å². The van der Waals surface area contributed by atoms with Crippen LogP contribution in [0.3, 0.4) is 0 Å². The third-order valence-electron chi connectivity index (χ3n) is 3.00. The van der Waals surface area contributed by atoms with Crippen molar-refractivity contribution in [3.8, 4) is 0 Å². The molecule has 0 spiro atoms. The highest BCUT2D eigenvalue weighted by molar-refractivity contribution is 5.89. The van der Waals surface area contributed by atoms with E-state index in [-0.39, 0.29) is 18.3 Å². The van der Waals surface area contributed by atoms with Gasteiger partial charge in [0.25, 0.3) is 0 Å². The lowest BCUT2D eigenvalue weighted by Crippen LogP contribution is -2.51. The van der Waals surface area contributed by atoms with Crippen LogP contribution in [0.15, 0.2) is 30.3 Å². The normalized spacial score (nSPS) is 13.1. The van der Waals surface area contributed by atoms with Crippen molar-refractivity contribution in [2.24, 2.45) is 17.4 Å². The SMILES string of the molecule is CC(C)C[C@H](N)C(=O)N[C@@H](Cc1ccccc1)C(N)=O.Cl. The average Bonchev–Trinajstić information content (AvgIpc) is 2.38. The minimum Gasteiger partial charge on any atom is -0.368 e. The summed E-state index contributed by atoms with van der Waals surface area (Å²) in [5, 5.41) is 2.63. The van der Waals surface area contributed by atoms with Crippen LogP contribution >= 0.6 is 12.4 Å². The lowest BCUT2D eigenvalue weighted by molar-refractivity contribution is -0.128. The molecule has 0 saturated heterocycles. The Morgan fingerprint density at radius 3 is 2.24 bits per heavy atom. The van der Waals surface area contributed by atoms with E-state index in [1.54, 1.807) is 0 Å². The predicted octanol–water partition coefficient (Wildman–Crippen LogP) is 0.994. The number of rotatable bonds is 7. The van der Waals surface area contributed by atoms with Crippen molar-refractivity contribution in [1.29, 1.82) is 0 Å². The van der Waals surface area contributed by atoms with Crippen LogP contribution in [0.25, 0.3) is 0 Å². The zero-order valence-electron chi connectivity index (χ0n) is 12.4. The zero-order valence-corrected chi connectivity index (χ0v) is 13.2. The molecular formula is C15H24ClN3O2. The fourth-order valence-electron chi connectivity index (χ4n) is 1.97. The monoisotopic (exact) mass is 313 g/mol. The number of amides is 2. The first-order valence-corrected chi connectivity index (χ1v) is 6.79. The molecule has 0 aliphatic heterocycles. The second-order valence-electron chi connectivity index (χ2n) is 5.39. The molecule has 5 nitrogen and oxygen atoms in total. The Bertz CT molecular complexity index is 451. The molecule has 1 aromatic carbocycles. The largest absolute Gasteiger partial charge is 0.368 e. The Labute approximate surface area is 131 Å². The highest BCUT2D eigenvalue weighted by Gasteiger charge is 2.22. The van der Waals surface area contributed by atoms with Gasteiger partial charge in [-0.05, 0) is 17.9 Å². The van der Waals surface area contributed by atoms with Crippen LogP contribution < -0.4 is 16.8 Å². The molecule has 0 unspecified atom stereocenters. The highest BCUT2D eigenvalue weighted by Crippen LogP contribution is 2.05. The zero-order chi connectivity index (χ0) is 15.1.